The standard InChI is InChI=1S/C22H19N3OS/c23-13-17-12-16-7-2-4-10-19(16)25-22(17)27-14-21(26)24-20-11-5-8-15-6-1-3-9-18(15)20/h1,3,5-6,8-9,11-12H,2,4,7,10,14H2,(H,24,26). The van der Waals surface area contributed by atoms with E-state index in [9.17, 15) is 10.1 Å². The molecule has 0 unspecified atom stereocenters. The van der Waals surface area contributed by atoms with Gasteiger partial charge in [0.05, 0.1) is 11.3 Å². The first-order chi connectivity index (χ1) is 13.2. The van der Waals surface area contributed by atoms with Crippen molar-refractivity contribution in [2.75, 3.05) is 11.1 Å². The van der Waals surface area contributed by atoms with Crippen LogP contribution >= 0.6 is 11.8 Å². The summed E-state index contributed by atoms with van der Waals surface area (Å²) in [5, 5.41) is 15.2. The Bertz CT molecular complexity index is 1050. The van der Waals surface area contributed by atoms with Crippen molar-refractivity contribution in [1.82, 2.24) is 4.98 Å². The molecule has 0 saturated carbocycles. The summed E-state index contributed by atoms with van der Waals surface area (Å²) in [7, 11) is 0. The van der Waals surface area contributed by atoms with E-state index < -0.39 is 0 Å². The van der Waals surface area contributed by atoms with Gasteiger partial charge in [0.25, 0.3) is 0 Å². The lowest BCUT2D eigenvalue weighted by molar-refractivity contribution is -0.113. The van der Waals surface area contributed by atoms with E-state index in [1.165, 1.54) is 17.3 Å². The van der Waals surface area contributed by atoms with Gasteiger partial charge in [0.2, 0.25) is 5.91 Å². The topological polar surface area (TPSA) is 65.8 Å². The second-order valence-electron chi connectivity index (χ2n) is 6.63. The third-order valence-electron chi connectivity index (χ3n) is 4.79. The molecule has 2 aromatic carbocycles. The molecule has 0 aliphatic heterocycles. The number of amides is 1. The highest BCUT2D eigenvalue weighted by Gasteiger charge is 2.16. The van der Waals surface area contributed by atoms with Gasteiger partial charge in [-0.2, -0.15) is 5.26 Å². The number of rotatable bonds is 4. The fourth-order valence-corrected chi connectivity index (χ4v) is 4.23. The number of nitriles is 1. The van der Waals surface area contributed by atoms with Crippen molar-refractivity contribution >= 4 is 34.1 Å². The van der Waals surface area contributed by atoms with Crippen LogP contribution in [0.25, 0.3) is 10.8 Å². The van der Waals surface area contributed by atoms with Gasteiger partial charge in [-0.3, -0.25) is 4.79 Å². The van der Waals surface area contributed by atoms with Gasteiger partial charge >= 0.3 is 0 Å². The number of thioether (sulfide) groups is 1. The second-order valence-corrected chi connectivity index (χ2v) is 7.59. The molecule has 1 aromatic heterocycles. The number of nitrogens with one attached hydrogen (secondary N) is 1. The van der Waals surface area contributed by atoms with E-state index in [0.29, 0.717) is 10.6 Å². The van der Waals surface area contributed by atoms with Crippen LogP contribution in [0.4, 0.5) is 5.69 Å². The number of hydrogen-bond acceptors (Lipinski definition) is 4. The van der Waals surface area contributed by atoms with Gasteiger partial charge in [-0.05, 0) is 48.8 Å². The molecule has 1 aliphatic rings. The van der Waals surface area contributed by atoms with Gasteiger partial charge in [-0.25, -0.2) is 4.98 Å². The molecular weight excluding hydrogens is 354 g/mol. The number of hydrogen-bond donors (Lipinski definition) is 1. The number of pyridine rings is 1. The van der Waals surface area contributed by atoms with Gasteiger partial charge in [0.15, 0.2) is 0 Å². The Morgan fingerprint density at radius 2 is 1.96 bits per heavy atom. The van der Waals surface area contributed by atoms with Crippen molar-refractivity contribution in [3.8, 4) is 6.07 Å². The van der Waals surface area contributed by atoms with E-state index in [-0.39, 0.29) is 11.7 Å². The monoisotopic (exact) mass is 373 g/mol. The van der Waals surface area contributed by atoms with Crippen LogP contribution < -0.4 is 5.32 Å². The molecule has 27 heavy (non-hydrogen) atoms. The Labute approximate surface area is 162 Å². The maximum absolute atomic E-state index is 12.5. The zero-order valence-electron chi connectivity index (χ0n) is 14.9. The van der Waals surface area contributed by atoms with E-state index in [1.54, 1.807) is 0 Å². The van der Waals surface area contributed by atoms with Crippen LogP contribution in [-0.4, -0.2) is 16.6 Å². The Kier molecular flexibility index (Phi) is 5.08. The maximum Gasteiger partial charge on any atom is 0.234 e. The number of anilines is 1. The molecule has 0 saturated heterocycles. The first-order valence-electron chi connectivity index (χ1n) is 9.08. The Balaban J connectivity index is 1.49. The fourth-order valence-electron chi connectivity index (χ4n) is 3.46. The highest BCUT2D eigenvalue weighted by Crippen LogP contribution is 2.28. The largest absolute Gasteiger partial charge is 0.325 e. The quantitative estimate of drug-likeness (QED) is 0.672. The summed E-state index contributed by atoms with van der Waals surface area (Å²) in [6.45, 7) is 0. The maximum atomic E-state index is 12.5. The zero-order valence-corrected chi connectivity index (χ0v) is 15.7. The number of aromatic nitrogens is 1. The second kappa shape index (κ2) is 7.81. The SMILES string of the molecule is N#Cc1cc2c(nc1SCC(=O)Nc1cccc3ccccc13)CCCC2. The number of carbonyl (C=O) groups is 1. The molecule has 3 aromatic rings. The van der Waals surface area contributed by atoms with Crippen molar-refractivity contribution in [2.24, 2.45) is 0 Å². The van der Waals surface area contributed by atoms with Gasteiger partial charge in [-0.1, -0.05) is 48.2 Å². The van der Waals surface area contributed by atoms with Crippen molar-refractivity contribution in [3.63, 3.8) is 0 Å². The molecular formula is C22H19N3OS. The molecule has 1 aliphatic carbocycles. The summed E-state index contributed by atoms with van der Waals surface area (Å²) in [6.07, 6.45) is 4.23. The lowest BCUT2D eigenvalue weighted by atomic mass is 9.95. The summed E-state index contributed by atoms with van der Waals surface area (Å²) in [5.74, 6) is 0.128. The minimum absolute atomic E-state index is 0.0974. The van der Waals surface area contributed by atoms with Gasteiger partial charge < -0.3 is 5.32 Å². The Morgan fingerprint density at radius 1 is 1.15 bits per heavy atom. The number of fused-ring (bicyclic) bond motifs is 2. The minimum Gasteiger partial charge on any atom is -0.325 e. The number of carbonyl (C=O) groups excluding carboxylic acids is 1. The van der Waals surface area contributed by atoms with E-state index in [0.717, 1.165) is 47.8 Å². The third-order valence-corrected chi connectivity index (χ3v) is 5.78. The van der Waals surface area contributed by atoms with E-state index >= 15 is 0 Å². The van der Waals surface area contributed by atoms with Crippen LogP contribution in [0, 0.1) is 11.3 Å². The number of benzene rings is 2. The lowest BCUT2D eigenvalue weighted by Crippen LogP contribution is -2.15. The molecule has 5 heteroatoms. The highest BCUT2D eigenvalue weighted by molar-refractivity contribution is 8.00. The van der Waals surface area contributed by atoms with E-state index in [4.69, 9.17) is 0 Å². The number of nitrogens with zero attached hydrogens (tertiary/aromatic N) is 2. The lowest BCUT2D eigenvalue weighted by Gasteiger charge is -2.16. The molecule has 1 N–H and O–H groups in total. The van der Waals surface area contributed by atoms with E-state index in [2.05, 4.69) is 16.4 Å². The summed E-state index contributed by atoms with van der Waals surface area (Å²) < 4.78 is 0. The minimum atomic E-state index is -0.0974. The molecule has 0 radical (unpaired) electrons. The summed E-state index contributed by atoms with van der Waals surface area (Å²) in [5.41, 5.74) is 3.63. The average molecular weight is 373 g/mol. The first-order valence-corrected chi connectivity index (χ1v) is 10.1. The molecule has 0 bridgehead atoms. The number of aryl methyl sites for hydroxylation is 2. The summed E-state index contributed by atoms with van der Waals surface area (Å²) in [4.78, 5) is 17.1. The van der Waals surface area contributed by atoms with Crippen molar-refractivity contribution < 1.29 is 4.79 Å². The molecule has 0 atom stereocenters. The molecule has 134 valence electrons. The smallest absolute Gasteiger partial charge is 0.234 e. The van der Waals surface area contributed by atoms with Crippen LogP contribution in [-0.2, 0) is 17.6 Å². The van der Waals surface area contributed by atoms with Crippen molar-refractivity contribution in [1.29, 1.82) is 5.26 Å². The Hall–Kier alpha value is -2.84. The normalized spacial score (nSPS) is 13.0. The van der Waals surface area contributed by atoms with Crippen LogP contribution in [0.3, 0.4) is 0 Å². The highest BCUT2D eigenvalue weighted by atomic mass is 32.2. The molecule has 0 spiro atoms. The fraction of sp³-hybridized carbons (Fsp3) is 0.227. The molecule has 1 amide bonds. The molecule has 4 nitrogen and oxygen atoms in total. The van der Waals surface area contributed by atoms with Gasteiger partial charge in [0, 0.05) is 16.8 Å². The molecule has 1 heterocycles. The van der Waals surface area contributed by atoms with Crippen molar-refractivity contribution in [3.05, 3.63) is 65.4 Å². The third kappa shape index (κ3) is 3.81. The van der Waals surface area contributed by atoms with Crippen LogP contribution in [0.2, 0.25) is 0 Å². The first kappa shape index (κ1) is 17.6. The van der Waals surface area contributed by atoms with Gasteiger partial charge in [0.1, 0.15) is 11.1 Å². The van der Waals surface area contributed by atoms with Crippen LogP contribution in [0.15, 0.2) is 53.6 Å². The summed E-state index contributed by atoms with van der Waals surface area (Å²) in [6, 6.07) is 18.0. The predicted molar refractivity (Wildman–Crippen MR) is 109 cm³/mol. The van der Waals surface area contributed by atoms with E-state index in [1.807, 2.05) is 48.5 Å². The van der Waals surface area contributed by atoms with Crippen molar-refractivity contribution in [2.45, 2.75) is 30.7 Å². The summed E-state index contributed by atoms with van der Waals surface area (Å²) >= 11 is 1.33. The Morgan fingerprint density at radius 3 is 2.85 bits per heavy atom. The predicted octanol–water partition coefficient (Wildman–Crippen LogP) is 4.72. The zero-order chi connectivity index (χ0) is 18.6. The molecule has 0 fully saturated rings. The van der Waals surface area contributed by atoms with Crippen LogP contribution in [0.5, 0.6) is 0 Å². The van der Waals surface area contributed by atoms with Crippen LogP contribution in [0.1, 0.15) is 29.7 Å². The molecule has 4 rings (SSSR count). The average Bonchev–Trinajstić information content (AvgIpc) is 2.72. The van der Waals surface area contributed by atoms with Gasteiger partial charge in [-0.15, -0.1) is 0 Å².